The van der Waals surface area contributed by atoms with Crippen LogP contribution in [0.25, 0.3) is 10.9 Å². The summed E-state index contributed by atoms with van der Waals surface area (Å²) in [5.41, 5.74) is 1.09. The molecular weight excluding hydrogens is 246 g/mol. The summed E-state index contributed by atoms with van der Waals surface area (Å²) < 4.78 is 0. The number of hydrogen-bond donors (Lipinski definition) is 2. The number of aromatic nitrogens is 2. The molecule has 0 unspecified atom stereocenters. The summed E-state index contributed by atoms with van der Waals surface area (Å²) in [5, 5.41) is 20.1. The molecule has 0 saturated carbocycles. The normalized spacial score (nSPS) is 14.3. The first-order valence-electron chi connectivity index (χ1n) is 5.76. The Bertz CT molecular complexity index is 598. The highest BCUT2D eigenvalue weighted by Crippen LogP contribution is 2.27. The van der Waals surface area contributed by atoms with Gasteiger partial charge in [-0.1, -0.05) is 6.92 Å². The third kappa shape index (κ3) is 2.50. The average molecular weight is 261 g/mol. The molecule has 0 spiro atoms. The molecule has 0 aliphatic rings. The van der Waals surface area contributed by atoms with E-state index in [0.29, 0.717) is 11.4 Å². The highest BCUT2D eigenvalue weighted by Gasteiger charge is 2.24. The number of pyridine rings is 1. The van der Waals surface area contributed by atoms with Crippen LogP contribution in [-0.4, -0.2) is 26.6 Å². The number of aromatic amines is 1. The average Bonchev–Trinajstić information content (AvgIpc) is 2.79. The minimum absolute atomic E-state index is 0.385. The molecule has 0 fully saturated rings. The Morgan fingerprint density at radius 2 is 2.33 bits per heavy atom. The summed E-state index contributed by atoms with van der Waals surface area (Å²) in [4.78, 5) is 7.16. The second-order valence-electron chi connectivity index (χ2n) is 4.36. The third-order valence-electron chi connectivity index (χ3n) is 2.79. The van der Waals surface area contributed by atoms with Crippen molar-refractivity contribution < 1.29 is 5.11 Å². The predicted octanol–water partition coefficient (Wildman–Crippen LogP) is 2.40. The van der Waals surface area contributed by atoms with Crippen LogP contribution < -0.4 is 0 Å². The first-order valence-corrected chi connectivity index (χ1v) is 6.92. The number of fused-ring (bicyclic) bond motifs is 1. The molecule has 2 rings (SSSR count). The minimum atomic E-state index is -0.896. The van der Waals surface area contributed by atoms with Gasteiger partial charge in [-0.05, 0) is 24.8 Å². The molecule has 0 radical (unpaired) electrons. The van der Waals surface area contributed by atoms with Gasteiger partial charge in [0, 0.05) is 16.8 Å². The van der Waals surface area contributed by atoms with E-state index >= 15 is 0 Å². The lowest BCUT2D eigenvalue weighted by molar-refractivity contribution is 0.0800. The topological polar surface area (TPSA) is 72.7 Å². The van der Waals surface area contributed by atoms with Gasteiger partial charge in [-0.25, -0.2) is 4.98 Å². The van der Waals surface area contributed by atoms with Crippen LogP contribution in [0.2, 0.25) is 0 Å². The van der Waals surface area contributed by atoms with Gasteiger partial charge in [0.15, 0.2) is 0 Å². The van der Waals surface area contributed by atoms with Crippen LogP contribution in [0.4, 0.5) is 0 Å². The molecule has 94 valence electrons. The van der Waals surface area contributed by atoms with Crippen LogP contribution >= 0.6 is 11.8 Å². The first kappa shape index (κ1) is 12.9. The summed E-state index contributed by atoms with van der Waals surface area (Å²) in [5.74, 6) is 1.60. The van der Waals surface area contributed by atoms with Crippen LogP contribution in [-0.2, 0) is 5.60 Å². The number of H-pyrrole nitrogens is 1. The molecular formula is C13H15N3OS. The van der Waals surface area contributed by atoms with E-state index in [1.165, 1.54) is 0 Å². The summed E-state index contributed by atoms with van der Waals surface area (Å²) in [7, 11) is 0. The van der Waals surface area contributed by atoms with E-state index in [1.807, 2.05) is 12.1 Å². The maximum absolute atomic E-state index is 10.4. The number of hydrogen-bond acceptors (Lipinski definition) is 4. The van der Waals surface area contributed by atoms with E-state index in [-0.39, 0.29) is 0 Å². The number of nitrogens with zero attached hydrogens (tertiary/aromatic N) is 2. The van der Waals surface area contributed by atoms with Crippen LogP contribution in [0.3, 0.4) is 0 Å². The van der Waals surface area contributed by atoms with Gasteiger partial charge < -0.3 is 10.1 Å². The number of rotatable bonds is 4. The summed E-state index contributed by atoms with van der Waals surface area (Å²) in [6.45, 7) is 3.86. The molecule has 0 aliphatic carbocycles. The highest BCUT2D eigenvalue weighted by molar-refractivity contribution is 7.99. The summed E-state index contributed by atoms with van der Waals surface area (Å²) in [6.07, 6.45) is 1.63. The molecule has 0 amide bonds. The zero-order valence-electron chi connectivity index (χ0n) is 10.4. The Kier molecular flexibility index (Phi) is 3.60. The Morgan fingerprint density at radius 1 is 1.56 bits per heavy atom. The lowest BCUT2D eigenvalue weighted by Crippen LogP contribution is -2.24. The third-order valence-corrected chi connectivity index (χ3v) is 3.96. The van der Waals surface area contributed by atoms with E-state index in [4.69, 9.17) is 5.26 Å². The van der Waals surface area contributed by atoms with E-state index in [0.717, 1.165) is 22.3 Å². The van der Waals surface area contributed by atoms with E-state index < -0.39 is 5.60 Å². The van der Waals surface area contributed by atoms with Crippen LogP contribution in [0.5, 0.6) is 0 Å². The van der Waals surface area contributed by atoms with Crippen LogP contribution in [0.15, 0.2) is 18.3 Å². The van der Waals surface area contributed by atoms with Crippen molar-refractivity contribution in [3.05, 3.63) is 29.7 Å². The molecule has 18 heavy (non-hydrogen) atoms. The maximum Gasteiger partial charge on any atom is 0.141 e. The summed E-state index contributed by atoms with van der Waals surface area (Å²) in [6, 6.07) is 5.61. The second kappa shape index (κ2) is 5.01. The molecule has 4 nitrogen and oxygen atoms in total. The smallest absolute Gasteiger partial charge is 0.141 e. The highest BCUT2D eigenvalue weighted by atomic mass is 32.2. The van der Waals surface area contributed by atoms with Crippen molar-refractivity contribution in [1.82, 2.24) is 9.97 Å². The molecule has 2 N–H and O–H groups in total. The number of nitriles is 1. The number of thioether (sulfide) groups is 1. The minimum Gasteiger partial charge on any atom is -0.383 e. The fraction of sp³-hybridized carbons (Fsp3) is 0.385. The van der Waals surface area contributed by atoms with Crippen molar-refractivity contribution in [2.24, 2.45) is 0 Å². The molecule has 2 aromatic heterocycles. The van der Waals surface area contributed by atoms with E-state index in [2.05, 4.69) is 16.9 Å². The monoisotopic (exact) mass is 261 g/mol. The van der Waals surface area contributed by atoms with Crippen LogP contribution in [0, 0.1) is 11.3 Å². The van der Waals surface area contributed by atoms with Crippen molar-refractivity contribution in [2.75, 3.05) is 11.5 Å². The zero-order valence-corrected chi connectivity index (χ0v) is 11.2. The van der Waals surface area contributed by atoms with Crippen molar-refractivity contribution in [1.29, 1.82) is 5.26 Å². The molecule has 0 saturated heterocycles. The molecule has 0 aromatic carbocycles. The Balaban J connectivity index is 2.38. The standard InChI is InChI=1S/C13H15N3OS/c1-3-18-8-13(2,17)12-5-9-4-10(6-14)15-7-11(9)16-12/h4-5,7,16-17H,3,8H2,1-2H3/t13-/m0/s1. The van der Waals surface area contributed by atoms with Gasteiger partial charge in [0.25, 0.3) is 0 Å². The van der Waals surface area contributed by atoms with Crippen molar-refractivity contribution in [3.63, 3.8) is 0 Å². The molecule has 0 aliphatic heterocycles. The fourth-order valence-corrected chi connectivity index (χ4v) is 2.52. The van der Waals surface area contributed by atoms with Crippen molar-refractivity contribution in [3.8, 4) is 6.07 Å². The molecule has 1 atom stereocenters. The quantitative estimate of drug-likeness (QED) is 0.886. The lowest BCUT2D eigenvalue weighted by Gasteiger charge is -2.21. The number of nitrogens with one attached hydrogen (secondary N) is 1. The fourth-order valence-electron chi connectivity index (χ4n) is 1.76. The first-order chi connectivity index (χ1) is 8.56. The second-order valence-corrected chi connectivity index (χ2v) is 5.64. The van der Waals surface area contributed by atoms with Gasteiger partial charge in [0.2, 0.25) is 0 Å². The number of aliphatic hydroxyl groups is 1. The lowest BCUT2D eigenvalue weighted by atomic mass is 10.1. The van der Waals surface area contributed by atoms with Crippen molar-refractivity contribution in [2.45, 2.75) is 19.4 Å². The van der Waals surface area contributed by atoms with Gasteiger partial charge in [-0.15, -0.1) is 0 Å². The molecule has 5 heteroatoms. The Hall–Kier alpha value is -1.51. The van der Waals surface area contributed by atoms with E-state index in [9.17, 15) is 5.11 Å². The maximum atomic E-state index is 10.4. The van der Waals surface area contributed by atoms with E-state index in [1.54, 1.807) is 30.9 Å². The zero-order chi connectivity index (χ0) is 13.2. The van der Waals surface area contributed by atoms with Gasteiger partial charge in [-0.2, -0.15) is 17.0 Å². The SMILES string of the molecule is CCSC[C@](C)(O)c1cc2cc(C#N)ncc2[nH]1. The van der Waals surface area contributed by atoms with Gasteiger partial charge >= 0.3 is 0 Å². The molecule has 2 aromatic rings. The Labute approximate surface area is 110 Å². The predicted molar refractivity (Wildman–Crippen MR) is 73.4 cm³/mol. The summed E-state index contributed by atoms with van der Waals surface area (Å²) >= 11 is 1.69. The van der Waals surface area contributed by atoms with Crippen molar-refractivity contribution >= 4 is 22.7 Å². The van der Waals surface area contributed by atoms with Gasteiger partial charge in [0.05, 0.1) is 11.7 Å². The van der Waals surface area contributed by atoms with Gasteiger partial charge in [0.1, 0.15) is 17.4 Å². The molecule has 0 bridgehead atoms. The largest absolute Gasteiger partial charge is 0.383 e. The molecule has 2 heterocycles. The van der Waals surface area contributed by atoms with Gasteiger partial charge in [-0.3, -0.25) is 0 Å². The van der Waals surface area contributed by atoms with Crippen LogP contribution in [0.1, 0.15) is 25.2 Å². The Morgan fingerprint density at radius 3 is 3.00 bits per heavy atom.